The summed E-state index contributed by atoms with van der Waals surface area (Å²) in [5.41, 5.74) is 2.75. The van der Waals surface area contributed by atoms with Gasteiger partial charge in [-0.2, -0.15) is 0 Å². The van der Waals surface area contributed by atoms with Gasteiger partial charge >= 0.3 is 0 Å². The van der Waals surface area contributed by atoms with Crippen LogP contribution in [0.3, 0.4) is 0 Å². The summed E-state index contributed by atoms with van der Waals surface area (Å²) in [6, 6.07) is 9.64. The molecule has 0 fully saturated rings. The summed E-state index contributed by atoms with van der Waals surface area (Å²) >= 11 is 0. The fraction of sp³-hybridized carbons (Fsp3) is 0.250. The smallest absolute Gasteiger partial charge is 0.131 e. The van der Waals surface area contributed by atoms with E-state index in [4.69, 9.17) is 0 Å². The van der Waals surface area contributed by atoms with Crippen LogP contribution in [-0.2, 0) is 0 Å². The van der Waals surface area contributed by atoms with E-state index in [0.717, 1.165) is 11.1 Å². The molecule has 0 aliphatic heterocycles. The lowest BCUT2D eigenvalue weighted by molar-refractivity contribution is 0.619. The van der Waals surface area contributed by atoms with Crippen LogP contribution in [0.1, 0.15) is 24.1 Å². The molecule has 0 spiro atoms. The second-order valence-electron chi connectivity index (χ2n) is 4.77. The first kappa shape index (κ1) is 13.7. The topological polar surface area (TPSA) is 12.0 Å². The predicted octanol–water partition coefficient (Wildman–Crippen LogP) is 4.22. The van der Waals surface area contributed by atoms with Crippen molar-refractivity contribution in [2.24, 2.45) is 0 Å². The second-order valence-corrected chi connectivity index (χ2v) is 4.77. The van der Waals surface area contributed by atoms with Gasteiger partial charge in [0.25, 0.3) is 0 Å². The Balaban J connectivity index is 2.54. The van der Waals surface area contributed by atoms with Crippen LogP contribution in [0.2, 0.25) is 0 Å². The zero-order chi connectivity index (χ0) is 14.0. The second kappa shape index (κ2) is 5.49. The number of rotatable bonds is 3. The highest BCUT2D eigenvalue weighted by Gasteiger charge is 2.10. The van der Waals surface area contributed by atoms with Crippen LogP contribution in [0.4, 0.5) is 8.78 Å². The van der Waals surface area contributed by atoms with Gasteiger partial charge in [0.15, 0.2) is 0 Å². The Hall–Kier alpha value is -1.74. The number of benzene rings is 2. The summed E-state index contributed by atoms with van der Waals surface area (Å²) in [5, 5.41) is 3.11. The molecule has 0 aliphatic rings. The molecule has 19 heavy (non-hydrogen) atoms. The minimum absolute atomic E-state index is 0.119. The van der Waals surface area contributed by atoms with Gasteiger partial charge in [0.1, 0.15) is 11.6 Å². The van der Waals surface area contributed by atoms with Crippen LogP contribution in [-0.4, -0.2) is 7.05 Å². The van der Waals surface area contributed by atoms with E-state index >= 15 is 0 Å². The van der Waals surface area contributed by atoms with E-state index in [1.165, 1.54) is 18.2 Å². The lowest BCUT2D eigenvalue weighted by atomic mass is 9.98. The fourth-order valence-electron chi connectivity index (χ4n) is 2.09. The number of aryl methyl sites for hydroxylation is 1. The molecule has 2 aromatic carbocycles. The minimum atomic E-state index is -0.346. The highest BCUT2D eigenvalue weighted by molar-refractivity contribution is 5.66. The van der Waals surface area contributed by atoms with Crippen molar-refractivity contribution in [3.8, 4) is 11.1 Å². The van der Waals surface area contributed by atoms with Crippen LogP contribution < -0.4 is 5.32 Å². The lowest BCUT2D eigenvalue weighted by Crippen LogP contribution is -2.12. The zero-order valence-corrected chi connectivity index (χ0v) is 11.3. The standard InChI is InChI=1S/C16H17F2N/c1-10-6-13(8-14(17)7-10)15-9-12(11(2)19-3)4-5-16(15)18/h4-9,11,19H,1-3H3. The number of halogens is 2. The molecule has 0 saturated carbocycles. The molecule has 2 rings (SSSR count). The van der Waals surface area contributed by atoms with Crippen molar-refractivity contribution in [1.82, 2.24) is 5.32 Å². The van der Waals surface area contributed by atoms with Crippen LogP contribution in [0.15, 0.2) is 36.4 Å². The normalized spacial score (nSPS) is 12.5. The molecule has 0 aromatic heterocycles. The molecular formula is C16H17F2N. The molecule has 0 amide bonds. The minimum Gasteiger partial charge on any atom is -0.313 e. The van der Waals surface area contributed by atoms with Gasteiger partial charge < -0.3 is 5.32 Å². The quantitative estimate of drug-likeness (QED) is 0.872. The monoisotopic (exact) mass is 261 g/mol. The summed E-state index contributed by atoms with van der Waals surface area (Å²) in [7, 11) is 1.85. The Labute approximate surface area is 112 Å². The van der Waals surface area contributed by atoms with Gasteiger partial charge in [0.2, 0.25) is 0 Å². The summed E-state index contributed by atoms with van der Waals surface area (Å²) in [4.78, 5) is 0. The Bertz CT molecular complexity index is 573. The first-order valence-corrected chi connectivity index (χ1v) is 6.25. The van der Waals surface area contributed by atoms with Gasteiger partial charge in [0.05, 0.1) is 0 Å². The van der Waals surface area contributed by atoms with E-state index in [9.17, 15) is 8.78 Å². The average molecular weight is 261 g/mol. The van der Waals surface area contributed by atoms with E-state index in [0.29, 0.717) is 11.1 Å². The molecule has 0 heterocycles. The highest BCUT2D eigenvalue weighted by atomic mass is 19.1. The van der Waals surface area contributed by atoms with E-state index in [-0.39, 0.29) is 17.7 Å². The van der Waals surface area contributed by atoms with Gasteiger partial charge in [-0.25, -0.2) is 8.78 Å². The Morgan fingerprint density at radius 2 is 1.79 bits per heavy atom. The zero-order valence-electron chi connectivity index (χ0n) is 11.3. The van der Waals surface area contributed by atoms with Crippen molar-refractivity contribution >= 4 is 0 Å². The van der Waals surface area contributed by atoms with Crippen LogP contribution in [0.5, 0.6) is 0 Å². The molecule has 0 radical (unpaired) electrons. The van der Waals surface area contributed by atoms with Crippen molar-refractivity contribution < 1.29 is 8.78 Å². The van der Waals surface area contributed by atoms with Crippen molar-refractivity contribution in [3.63, 3.8) is 0 Å². The molecule has 3 heteroatoms. The molecule has 100 valence electrons. The third-order valence-electron chi connectivity index (χ3n) is 3.28. The molecule has 2 aromatic rings. The molecule has 1 unspecified atom stereocenters. The molecule has 1 nitrogen and oxygen atoms in total. The number of hydrogen-bond acceptors (Lipinski definition) is 1. The van der Waals surface area contributed by atoms with Crippen LogP contribution in [0.25, 0.3) is 11.1 Å². The summed E-state index contributed by atoms with van der Waals surface area (Å²) in [6.07, 6.45) is 0. The maximum absolute atomic E-state index is 13.9. The average Bonchev–Trinajstić information content (AvgIpc) is 2.37. The summed E-state index contributed by atoms with van der Waals surface area (Å²) < 4.78 is 27.4. The molecular weight excluding hydrogens is 244 g/mol. The highest BCUT2D eigenvalue weighted by Crippen LogP contribution is 2.27. The van der Waals surface area contributed by atoms with Gasteiger partial charge in [-0.05, 0) is 61.9 Å². The molecule has 1 atom stereocenters. The Kier molecular flexibility index (Phi) is 3.96. The van der Waals surface area contributed by atoms with E-state index in [1.807, 2.05) is 14.0 Å². The molecule has 0 saturated heterocycles. The van der Waals surface area contributed by atoms with E-state index in [2.05, 4.69) is 5.32 Å². The Morgan fingerprint density at radius 1 is 1.05 bits per heavy atom. The predicted molar refractivity (Wildman–Crippen MR) is 74.0 cm³/mol. The summed E-state index contributed by atoms with van der Waals surface area (Å²) in [6.45, 7) is 3.79. The van der Waals surface area contributed by atoms with Gasteiger partial charge in [-0.3, -0.25) is 0 Å². The maximum Gasteiger partial charge on any atom is 0.131 e. The SMILES string of the molecule is CNC(C)c1ccc(F)c(-c2cc(C)cc(F)c2)c1. The Morgan fingerprint density at radius 3 is 2.42 bits per heavy atom. The van der Waals surface area contributed by atoms with Crippen molar-refractivity contribution in [3.05, 3.63) is 59.2 Å². The molecule has 0 bridgehead atoms. The fourth-order valence-corrected chi connectivity index (χ4v) is 2.09. The van der Waals surface area contributed by atoms with Gasteiger partial charge in [0, 0.05) is 11.6 Å². The summed E-state index contributed by atoms with van der Waals surface area (Å²) in [5.74, 6) is -0.682. The maximum atomic E-state index is 13.9. The van der Waals surface area contributed by atoms with Gasteiger partial charge in [-0.15, -0.1) is 0 Å². The van der Waals surface area contributed by atoms with Crippen LogP contribution in [0, 0.1) is 18.6 Å². The largest absolute Gasteiger partial charge is 0.313 e. The van der Waals surface area contributed by atoms with Crippen molar-refractivity contribution in [1.29, 1.82) is 0 Å². The first-order valence-electron chi connectivity index (χ1n) is 6.25. The lowest BCUT2D eigenvalue weighted by Gasteiger charge is -2.13. The number of hydrogen-bond donors (Lipinski definition) is 1. The number of nitrogens with one attached hydrogen (secondary N) is 1. The molecule has 1 N–H and O–H groups in total. The third kappa shape index (κ3) is 2.99. The van der Waals surface area contributed by atoms with Crippen molar-refractivity contribution in [2.75, 3.05) is 7.05 Å². The van der Waals surface area contributed by atoms with Crippen molar-refractivity contribution in [2.45, 2.75) is 19.9 Å². The van der Waals surface area contributed by atoms with E-state index < -0.39 is 0 Å². The van der Waals surface area contributed by atoms with E-state index in [1.54, 1.807) is 25.1 Å². The first-order chi connectivity index (χ1) is 9.01. The van der Waals surface area contributed by atoms with Gasteiger partial charge in [-0.1, -0.05) is 12.1 Å². The third-order valence-corrected chi connectivity index (χ3v) is 3.28. The molecule has 0 aliphatic carbocycles. The van der Waals surface area contributed by atoms with Crippen LogP contribution >= 0.6 is 0 Å².